The summed E-state index contributed by atoms with van der Waals surface area (Å²) in [4.78, 5) is 0. The summed E-state index contributed by atoms with van der Waals surface area (Å²) in [6, 6.07) is 11.9. The maximum Gasteiger partial charge on any atom is 0.142 e. The van der Waals surface area contributed by atoms with E-state index in [2.05, 4.69) is 0 Å². The zero-order chi connectivity index (χ0) is 14.4. The number of anilines is 1. The number of benzene rings is 2. The molecule has 4 heteroatoms. The highest BCUT2D eigenvalue weighted by Gasteiger charge is 2.02. The van der Waals surface area contributed by atoms with Crippen LogP contribution in [0.15, 0.2) is 42.5 Å². The molecule has 2 aromatic carbocycles. The van der Waals surface area contributed by atoms with Crippen molar-refractivity contribution in [3.8, 4) is 11.5 Å². The van der Waals surface area contributed by atoms with Gasteiger partial charge in [0.2, 0.25) is 0 Å². The molecule has 0 radical (unpaired) electrons. The maximum absolute atomic E-state index is 13.1. The van der Waals surface area contributed by atoms with Gasteiger partial charge >= 0.3 is 0 Å². The predicted octanol–water partition coefficient (Wildman–Crippen LogP) is 3.56. The number of rotatable bonds is 6. The number of nitrogen functional groups attached to an aromatic ring is 1. The van der Waals surface area contributed by atoms with Gasteiger partial charge in [-0.15, -0.1) is 0 Å². The topological polar surface area (TPSA) is 44.5 Å². The number of aryl methyl sites for hydroxylation is 1. The van der Waals surface area contributed by atoms with Crippen LogP contribution in [0.2, 0.25) is 0 Å². The van der Waals surface area contributed by atoms with Crippen LogP contribution in [0.4, 0.5) is 10.1 Å². The van der Waals surface area contributed by atoms with E-state index >= 15 is 0 Å². The minimum Gasteiger partial charge on any atom is -0.493 e. The molecular formula is C16H18FNO2. The molecule has 0 aliphatic rings. The average molecular weight is 275 g/mol. The van der Waals surface area contributed by atoms with Crippen LogP contribution in [0, 0.1) is 12.7 Å². The van der Waals surface area contributed by atoms with Gasteiger partial charge < -0.3 is 15.2 Å². The first-order valence-electron chi connectivity index (χ1n) is 6.53. The predicted molar refractivity (Wildman–Crippen MR) is 77.6 cm³/mol. The molecule has 0 aromatic heterocycles. The normalized spacial score (nSPS) is 10.3. The number of halogens is 1. The summed E-state index contributed by atoms with van der Waals surface area (Å²) in [6.45, 7) is 2.86. The highest BCUT2D eigenvalue weighted by Crippen LogP contribution is 2.20. The van der Waals surface area contributed by atoms with E-state index in [9.17, 15) is 4.39 Å². The second-order valence-electron chi connectivity index (χ2n) is 4.50. The fourth-order valence-corrected chi connectivity index (χ4v) is 1.76. The molecule has 3 nitrogen and oxygen atoms in total. The molecule has 2 N–H and O–H groups in total. The monoisotopic (exact) mass is 275 g/mol. The highest BCUT2D eigenvalue weighted by atomic mass is 19.1. The fourth-order valence-electron chi connectivity index (χ4n) is 1.76. The van der Waals surface area contributed by atoms with Crippen molar-refractivity contribution in [3.05, 3.63) is 53.8 Å². The Hall–Kier alpha value is -2.23. The van der Waals surface area contributed by atoms with E-state index in [4.69, 9.17) is 15.2 Å². The largest absolute Gasteiger partial charge is 0.493 e. The Labute approximate surface area is 118 Å². The third kappa shape index (κ3) is 3.88. The summed E-state index contributed by atoms with van der Waals surface area (Å²) >= 11 is 0. The molecule has 106 valence electrons. The molecule has 0 fully saturated rings. The molecule has 0 aliphatic carbocycles. The summed E-state index contributed by atoms with van der Waals surface area (Å²) < 4.78 is 24.2. The van der Waals surface area contributed by atoms with Crippen LogP contribution in [-0.4, -0.2) is 13.2 Å². The summed E-state index contributed by atoms with van der Waals surface area (Å²) in [6.07, 6.45) is 0.699. The van der Waals surface area contributed by atoms with Crippen molar-refractivity contribution >= 4 is 5.69 Å². The second kappa shape index (κ2) is 6.80. The molecule has 0 saturated carbocycles. The van der Waals surface area contributed by atoms with Gasteiger partial charge in [-0.3, -0.25) is 0 Å². The fraction of sp³-hybridized carbons (Fsp3) is 0.250. The van der Waals surface area contributed by atoms with E-state index in [0.717, 1.165) is 5.56 Å². The minimum atomic E-state index is -0.293. The van der Waals surface area contributed by atoms with E-state index in [1.165, 1.54) is 12.1 Å². The summed E-state index contributed by atoms with van der Waals surface area (Å²) in [5, 5.41) is 0. The third-order valence-corrected chi connectivity index (χ3v) is 2.87. The van der Waals surface area contributed by atoms with Crippen LogP contribution in [0.1, 0.15) is 12.0 Å². The van der Waals surface area contributed by atoms with Crippen molar-refractivity contribution in [2.75, 3.05) is 18.9 Å². The van der Waals surface area contributed by atoms with Gasteiger partial charge in [0.1, 0.15) is 17.3 Å². The quantitative estimate of drug-likeness (QED) is 0.647. The first-order chi connectivity index (χ1) is 9.66. The first kappa shape index (κ1) is 14.2. The average Bonchev–Trinajstić information content (AvgIpc) is 2.44. The summed E-state index contributed by atoms with van der Waals surface area (Å²) in [7, 11) is 0. The SMILES string of the molecule is Cc1ccc(F)cc1OCCCOc1ccccc1N. The third-order valence-electron chi connectivity index (χ3n) is 2.87. The molecule has 2 rings (SSSR count). The molecule has 2 aromatic rings. The van der Waals surface area contributed by atoms with Crippen LogP contribution in [-0.2, 0) is 0 Å². The van der Waals surface area contributed by atoms with Crippen molar-refractivity contribution in [3.63, 3.8) is 0 Å². The number of nitrogens with two attached hydrogens (primary N) is 1. The van der Waals surface area contributed by atoms with Crippen molar-refractivity contribution in [2.24, 2.45) is 0 Å². The van der Waals surface area contributed by atoms with Crippen molar-refractivity contribution in [2.45, 2.75) is 13.3 Å². The minimum absolute atomic E-state index is 0.293. The lowest BCUT2D eigenvalue weighted by atomic mass is 10.2. The lowest BCUT2D eigenvalue weighted by molar-refractivity contribution is 0.247. The van der Waals surface area contributed by atoms with E-state index in [1.54, 1.807) is 12.1 Å². The Morgan fingerprint density at radius 2 is 1.70 bits per heavy atom. The standard InChI is InChI=1S/C16H18FNO2/c1-12-7-8-13(17)11-16(12)20-10-4-9-19-15-6-3-2-5-14(15)18/h2-3,5-8,11H,4,9-10,18H2,1H3. The van der Waals surface area contributed by atoms with Crippen molar-refractivity contribution in [1.29, 1.82) is 0 Å². The van der Waals surface area contributed by atoms with Gasteiger partial charge in [-0.2, -0.15) is 0 Å². The van der Waals surface area contributed by atoms with Crippen LogP contribution >= 0.6 is 0 Å². The molecule has 0 spiro atoms. The lowest BCUT2D eigenvalue weighted by Crippen LogP contribution is -2.06. The van der Waals surface area contributed by atoms with E-state index < -0.39 is 0 Å². The van der Waals surface area contributed by atoms with E-state index in [-0.39, 0.29) is 5.82 Å². The van der Waals surface area contributed by atoms with Crippen molar-refractivity contribution in [1.82, 2.24) is 0 Å². The summed E-state index contributed by atoms with van der Waals surface area (Å²) in [5.74, 6) is 0.956. The molecule has 0 heterocycles. The molecule has 0 bridgehead atoms. The van der Waals surface area contributed by atoms with Gasteiger partial charge in [-0.25, -0.2) is 4.39 Å². The number of ether oxygens (including phenoxy) is 2. The van der Waals surface area contributed by atoms with Crippen LogP contribution in [0.25, 0.3) is 0 Å². The molecule has 0 aliphatic heterocycles. The second-order valence-corrected chi connectivity index (χ2v) is 4.50. The Bertz CT molecular complexity index is 572. The zero-order valence-electron chi connectivity index (χ0n) is 11.4. The molecule has 0 unspecified atom stereocenters. The molecule has 0 amide bonds. The number of hydrogen-bond acceptors (Lipinski definition) is 3. The van der Waals surface area contributed by atoms with Crippen molar-refractivity contribution < 1.29 is 13.9 Å². The maximum atomic E-state index is 13.1. The van der Waals surface area contributed by atoms with Crippen LogP contribution < -0.4 is 15.2 Å². The van der Waals surface area contributed by atoms with Gasteiger partial charge in [-0.1, -0.05) is 18.2 Å². The zero-order valence-corrected chi connectivity index (χ0v) is 11.4. The van der Waals surface area contributed by atoms with Gasteiger partial charge in [-0.05, 0) is 30.7 Å². The molecule has 0 atom stereocenters. The Morgan fingerprint density at radius 3 is 2.45 bits per heavy atom. The lowest BCUT2D eigenvalue weighted by Gasteiger charge is -2.11. The van der Waals surface area contributed by atoms with Crippen LogP contribution in [0.5, 0.6) is 11.5 Å². The Morgan fingerprint density at radius 1 is 1.00 bits per heavy atom. The smallest absolute Gasteiger partial charge is 0.142 e. The van der Waals surface area contributed by atoms with E-state index in [1.807, 2.05) is 25.1 Å². The van der Waals surface area contributed by atoms with Gasteiger partial charge in [0.15, 0.2) is 0 Å². The van der Waals surface area contributed by atoms with Gasteiger partial charge in [0, 0.05) is 12.5 Å². The van der Waals surface area contributed by atoms with Crippen LogP contribution in [0.3, 0.4) is 0 Å². The van der Waals surface area contributed by atoms with Gasteiger partial charge in [0.05, 0.1) is 18.9 Å². The van der Waals surface area contributed by atoms with Gasteiger partial charge in [0.25, 0.3) is 0 Å². The highest BCUT2D eigenvalue weighted by molar-refractivity contribution is 5.51. The first-order valence-corrected chi connectivity index (χ1v) is 6.53. The molecule has 20 heavy (non-hydrogen) atoms. The number of hydrogen-bond donors (Lipinski definition) is 1. The molecular weight excluding hydrogens is 257 g/mol. The molecule has 0 saturated heterocycles. The Kier molecular flexibility index (Phi) is 4.82. The summed E-state index contributed by atoms with van der Waals surface area (Å²) in [5.41, 5.74) is 7.30. The number of para-hydroxylation sites is 2. The Balaban J connectivity index is 1.74. The van der Waals surface area contributed by atoms with E-state index in [0.29, 0.717) is 36.8 Å².